The number of carbonyl (C=O) groups is 2. The number of phenols is 1. The zero-order valence-electron chi connectivity index (χ0n) is 20.0. The van der Waals surface area contributed by atoms with E-state index in [-0.39, 0.29) is 24.2 Å². The Labute approximate surface area is 201 Å². The van der Waals surface area contributed by atoms with Gasteiger partial charge in [-0.15, -0.1) is 0 Å². The minimum Gasteiger partial charge on any atom is -0.508 e. The van der Waals surface area contributed by atoms with Crippen molar-refractivity contribution in [2.75, 3.05) is 33.4 Å². The van der Waals surface area contributed by atoms with Crippen LogP contribution >= 0.6 is 0 Å². The molecule has 1 aromatic carbocycles. The molecule has 0 unspecified atom stereocenters. The number of pyridine rings is 1. The van der Waals surface area contributed by atoms with Crippen LogP contribution in [0.5, 0.6) is 5.75 Å². The topological polar surface area (TPSA) is 86.2 Å². The Morgan fingerprint density at radius 3 is 2.50 bits per heavy atom. The molecule has 2 aliphatic heterocycles. The maximum Gasteiger partial charge on any atom is 0.328 e. The van der Waals surface area contributed by atoms with E-state index in [4.69, 9.17) is 4.74 Å². The number of aromatic hydroxyl groups is 1. The molecule has 1 atom stereocenters. The molecule has 0 aliphatic carbocycles. The Kier molecular flexibility index (Phi) is 7.48. The molecule has 2 saturated heterocycles. The van der Waals surface area contributed by atoms with E-state index in [0.717, 1.165) is 31.5 Å². The van der Waals surface area contributed by atoms with Gasteiger partial charge in [0, 0.05) is 45.2 Å². The van der Waals surface area contributed by atoms with Crippen LogP contribution in [-0.2, 0) is 22.5 Å². The highest BCUT2D eigenvalue weighted by molar-refractivity contribution is 6.07. The lowest BCUT2D eigenvalue weighted by molar-refractivity contribution is -0.136. The average Bonchev–Trinajstić information content (AvgIpc) is 3.04. The van der Waals surface area contributed by atoms with E-state index in [2.05, 4.69) is 16.8 Å². The predicted octanol–water partition coefficient (Wildman–Crippen LogP) is 3.05. The number of aromatic nitrogens is 1. The van der Waals surface area contributed by atoms with Gasteiger partial charge in [-0.25, -0.2) is 4.79 Å². The fourth-order valence-electron chi connectivity index (χ4n) is 5.13. The number of hydrogen-bond acceptors (Lipinski definition) is 6. The molecule has 182 valence electrons. The number of nitrogens with zero attached hydrogens (tertiary/aromatic N) is 4. The molecule has 3 heterocycles. The summed E-state index contributed by atoms with van der Waals surface area (Å²) in [6.07, 6.45) is 6.54. The third kappa shape index (κ3) is 4.93. The number of likely N-dealkylation sites (tertiary alicyclic amines) is 1. The number of amides is 3. The fourth-order valence-corrected chi connectivity index (χ4v) is 5.13. The van der Waals surface area contributed by atoms with Gasteiger partial charge in [-0.2, -0.15) is 0 Å². The van der Waals surface area contributed by atoms with E-state index >= 15 is 0 Å². The van der Waals surface area contributed by atoms with Gasteiger partial charge < -0.3 is 19.6 Å². The van der Waals surface area contributed by atoms with Gasteiger partial charge in [-0.1, -0.05) is 18.2 Å². The number of methoxy groups -OCH3 is 1. The first-order valence-corrected chi connectivity index (χ1v) is 12.0. The van der Waals surface area contributed by atoms with E-state index in [1.165, 1.54) is 10.5 Å². The van der Waals surface area contributed by atoms with Crippen molar-refractivity contribution in [1.82, 2.24) is 19.7 Å². The molecule has 0 saturated carbocycles. The zero-order valence-corrected chi connectivity index (χ0v) is 20.0. The van der Waals surface area contributed by atoms with Gasteiger partial charge in [0.05, 0.1) is 13.2 Å². The van der Waals surface area contributed by atoms with Crippen LogP contribution in [0.4, 0.5) is 4.79 Å². The average molecular weight is 467 g/mol. The third-order valence-corrected chi connectivity index (χ3v) is 7.24. The maximum absolute atomic E-state index is 13.6. The molecule has 2 aliphatic rings. The van der Waals surface area contributed by atoms with Crippen LogP contribution < -0.4 is 0 Å². The Hall–Kier alpha value is -2.97. The number of carbonyl (C=O) groups excluding carboxylic acids is 2. The monoisotopic (exact) mass is 466 g/mol. The first-order valence-electron chi connectivity index (χ1n) is 12.0. The molecule has 1 N–H and O–H groups in total. The van der Waals surface area contributed by atoms with E-state index in [1.54, 1.807) is 36.5 Å². The van der Waals surface area contributed by atoms with Crippen molar-refractivity contribution in [3.63, 3.8) is 0 Å². The van der Waals surface area contributed by atoms with Gasteiger partial charge >= 0.3 is 6.03 Å². The van der Waals surface area contributed by atoms with Crippen molar-refractivity contribution in [3.05, 3.63) is 59.9 Å². The van der Waals surface area contributed by atoms with Gasteiger partial charge in [-0.05, 0) is 61.9 Å². The molecule has 34 heavy (non-hydrogen) atoms. The standard InChI is InChI=1S/C26H34N4O4/c1-20(5-6-21-7-9-23(31)10-8-21)28-14-11-26(12-15-28)24(32)29(19-22-4-3-13-27-18-22)25(33)30(26)16-17-34-2/h3-4,7-10,13,18,20,31H,5-6,11-12,14-17,19H2,1-2H3/t20-/m0/s1. The van der Waals surface area contributed by atoms with Gasteiger partial charge in [0.2, 0.25) is 0 Å². The first-order chi connectivity index (χ1) is 16.4. The second kappa shape index (κ2) is 10.5. The summed E-state index contributed by atoms with van der Waals surface area (Å²) in [5, 5.41) is 9.48. The molecule has 0 radical (unpaired) electrons. The third-order valence-electron chi connectivity index (χ3n) is 7.24. The van der Waals surface area contributed by atoms with Crippen molar-refractivity contribution >= 4 is 11.9 Å². The van der Waals surface area contributed by atoms with Crippen LogP contribution in [0.15, 0.2) is 48.8 Å². The summed E-state index contributed by atoms with van der Waals surface area (Å²) < 4.78 is 5.26. The summed E-state index contributed by atoms with van der Waals surface area (Å²) in [7, 11) is 1.61. The molecule has 2 fully saturated rings. The van der Waals surface area contributed by atoms with E-state index in [1.807, 2.05) is 24.3 Å². The molecule has 8 heteroatoms. The van der Waals surface area contributed by atoms with Crippen LogP contribution in [0, 0.1) is 0 Å². The van der Waals surface area contributed by atoms with Crippen molar-refractivity contribution in [2.45, 2.75) is 50.7 Å². The second-order valence-corrected chi connectivity index (χ2v) is 9.30. The minimum absolute atomic E-state index is 0.103. The van der Waals surface area contributed by atoms with Crippen LogP contribution in [-0.4, -0.2) is 81.7 Å². The number of benzene rings is 1. The van der Waals surface area contributed by atoms with Crippen molar-refractivity contribution in [2.24, 2.45) is 0 Å². The Bertz CT molecular complexity index is 974. The van der Waals surface area contributed by atoms with Crippen LogP contribution in [0.2, 0.25) is 0 Å². The summed E-state index contributed by atoms with van der Waals surface area (Å²) in [6, 6.07) is 11.2. The lowest BCUT2D eigenvalue weighted by atomic mass is 9.85. The number of urea groups is 1. The van der Waals surface area contributed by atoms with Crippen LogP contribution in [0.25, 0.3) is 0 Å². The summed E-state index contributed by atoms with van der Waals surface area (Å²) >= 11 is 0. The number of hydrogen-bond donors (Lipinski definition) is 1. The normalized spacial score (nSPS) is 19.2. The molecule has 4 rings (SSSR count). The molecule has 2 aromatic rings. The van der Waals surface area contributed by atoms with Crippen LogP contribution in [0.3, 0.4) is 0 Å². The van der Waals surface area contributed by atoms with Gasteiger partial charge in [-0.3, -0.25) is 14.7 Å². The van der Waals surface area contributed by atoms with Gasteiger partial charge in [0.15, 0.2) is 0 Å². The van der Waals surface area contributed by atoms with E-state index in [9.17, 15) is 14.7 Å². The number of aryl methyl sites for hydroxylation is 1. The summed E-state index contributed by atoms with van der Waals surface area (Å²) in [6.45, 7) is 4.79. The van der Waals surface area contributed by atoms with Gasteiger partial charge in [0.1, 0.15) is 11.3 Å². The van der Waals surface area contributed by atoms with Crippen molar-refractivity contribution in [1.29, 1.82) is 0 Å². The molecule has 8 nitrogen and oxygen atoms in total. The maximum atomic E-state index is 13.6. The number of phenolic OH excluding ortho intramolecular Hbond substituents is 1. The SMILES string of the molecule is COCCN1C(=O)N(Cc2cccnc2)C(=O)C12CCN([C@@H](C)CCc1ccc(O)cc1)CC2. The summed E-state index contributed by atoms with van der Waals surface area (Å²) in [5.41, 5.74) is 1.24. The minimum atomic E-state index is -0.801. The van der Waals surface area contributed by atoms with Crippen molar-refractivity contribution in [3.8, 4) is 5.75 Å². The molecule has 1 spiro atoms. The molecule has 0 bridgehead atoms. The highest BCUT2D eigenvalue weighted by Crippen LogP contribution is 2.38. The first kappa shape index (κ1) is 24.2. The smallest absolute Gasteiger partial charge is 0.328 e. The molecular weight excluding hydrogens is 432 g/mol. The highest BCUT2D eigenvalue weighted by Gasteiger charge is 2.57. The van der Waals surface area contributed by atoms with Gasteiger partial charge in [0.25, 0.3) is 5.91 Å². The Balaban J connectivity index is 1.42. The second-order valence-electron chi connectivity index (χ2n) is 9.30. The largest absolute Gasteiger partial charge is 0.508 e. The quantitative estimate of drug-likeness (QED) is 0.572. The van der Waals surface area contributed by atoms with E-state index < -0.39 is 5.54 Å². The molecule has 1 aromatic heterocycles. The fraction of sp³-hybridized carbons (Fsp3) is 0.500. The number of rotatable bonds is 9. The van der Waals surface area contributed by atoms with Crippen LogP contribution in [0.1, 0.15) is 37.3 Å². The zero-order chi connectivity index (χ0) is 24.1. The summed E-state index contributed by atoms with van der Waals surface area (Å²) in [5.74, 6) is 0.179. The number of imide groups is 1. The lowest BCUT2D eigenvalue weighted by Crippen LogP contribution is -2.58. The molecular formula is C26H34N4O4. The van der Waals surface area contributed by atoms with Crippen molar-refractivity contribution < 1.29 is 19.4 Å². The predicted molar refractivity (Wildman–Crippen MR) is 128 cm³/mol. The molecule has 3 amide bonds. The Morgan fingerprint density at radius 1 is 1.12 bits per heavy atom. The Morgan fingerprint density at radius 2 is 1.85 bits per heavy atom. The van der Waals surface area contributed by atoms with E-state index in [0.29, 0.717) is 32.0 Å². The number of ether oxygens (including phenoxy) is 1. The highest BCUT2D eigenvalue weighted by atomic mass is 16.5. The summed E-state index contributed by atoms with van der Waals surface area (Å²) in [4.78, 5) is 36.6. The number of piperidine rings is 1. The lowest BCUT2D eigenvalue weighted by Gasteiger charge is -2.44.